The van der Waals surface area contributed by atoms with Crippen LogP contribution in [0.1, 0.15) is 32.0 Å². The number of nitrogens with one attached hydrogen (secondary N) is 2. The molecule has 0 spiro atoms. The van der Waals surface area contributed by atoms with E-state index in [2.05, 4.69) is 10.6 Å². The van der Waals surface area contributed by atoms with Gasteiger partial charge in [0.1, 0.15) is 17.1 Å². The van der Waals surface area contributed by atoms with Crippen LogP contribution in [0.25, 0.3) is 11.0 Å². The van der Waals surface area contributed by atoms with Gasteiger partial charge in [0.25, 0.3) is 11.8 Å². The van der Waals surface area contributed by atoms with Gasteiger partial charge >= 0.3 is 6.03 Å². The highest BCUT2D eigenvalue weighted by atomic mass is 16.5. The summed E-state index contributed by atoms with van der Waals surface area (Å²) in [6.07, 6.45) is 0. The molecule has 3 heterocycles. The summed E-state index contributed by atoms with van der Waals surface area (Å²) in [6, 6.07) is 10.7. The number of urea groups is 1. The Morgan fingerprint density at radius 2 is 2.00 bits per heavy atom. The van der Waals surface area contributed by atoms with Gasteiger partial charge in [0, 0.05) is 23.1 Å². The molecule has 10 nitrogen and oxygen atoms in total. The van der Waals surface area contributed by atoms with Crippen LogP contribution in [0.2, 0.25) is 0 Å². The van der Waals surface area contributed by atoms with Gasteiger partial charge in [-0.3, -0.25) is 19.7 Å². The Kier molecular flexibility index (Phi) is 4.19. The minimum atomic E-state index is -1.63. The van der Waals surface area contributed by atoms with E-state index in [4.69, 9.17) is 14.9 Å². The average molecular weight is 434 g/mol. The van der Waals surface area contributed by atoms with E-state index in [-0.39, 0.29) is 30.3 Å². The molecular formula is C22H18N4O6. The van der Waals surface area contributed by atoms with Crippen molar-refractivity contribution in [3.63, 3.8) is 0 Å². The second-order valence-electron chi connectivity index (χ2n) is 7.73. The first kappa shape index (κ1) is 19.6. The number of rotatable bonds is 5. The number of furan rings is 1. The maximum Gasteiger partial charge on any atom is 0.322 e. The molecule has 0 bridgehead atoms. The number of ether oxygens (including phenoxy) is 1. The molecule has 5 amide bonds. The molecule has 1 aromatic heterocycles. The lowest BCUT2D eigenvalue weighted by Crippen LogP contribution is -2.52. The molecule has 5 rings (SSSR count). The number of hydrogen-bond donors (Lipinski definition) is 3. The summed E-state index contributed by atoms with van der Waals surface area (Å²) in [5, 5.41) is 5.46. The maximum absolute atomic E-state index is 13.1. The van der Waals surface area contributed by atoms with Crippen molar-refractivity contribution < 1.29 is 28.3 Å². The third-order valence-electron chi connectivity index (χ3n) is 5.79. The summed E-state index contributed by atoms with van der Waals surface area (Å²) in [7, 11) is 1.51. The van der Waals surface area contributed by atoms with Crippen LogP contribution in [0, 0.1) is 0 Å². The van der Waals surface area contributed by atoms with Crippen LogP contribution in [-0.2, 0) is 16.9 Å². The summed E-state index contributed by atoms with van der Waals surface area (Å²) in [4.78, 5) is 51.0. The number of imide groups is 1. The monoisotopic (exact) mass is 434 g/mol. The predicted molar refractivity (Wildman–Crippen MR) is 111 cm³/mol. The van der Waals surface area contributed by atoms with Crippen molar-refractivity contribution in [2.24, 2.45) is 5.73 Å². The number of hydrogen-bond acceptors (Lipinski definition) is 6. The predicted octanol–water partition coefficient (Wildman–Crippen LogP) is 1.23. The Morgan fingerprint density at radius 3 is 2.69 bits per heavy atom. The van der Waals surface area contributed by atoms with Gasteiger partial charge < -0.3 is 25.1 Å². The number of amides is 5. The largest absolute Gasteiger partial charge is 0.497 e. The van der Waals surface area contributed by atoms with Gasteiger partial charge in [0.05, 0.1) is 13.7 Å². The summed E-state index contributed by atoms with van der Waals surface area (Å²) in [5.41, 5.74) is 5.52. The molecule has 1 unspecified atom stereocenters. The van der Waals surface area contributed by atoms with Crippen molar-refractivity contribution in [1.82, 2.24) is 15.5 Å². The third kappa shape index (κ3) is 2.88. The van der Waals surface area contributed by atoms with Crippen LogP contribution in [0.15, 0.2) is 46.9 Å². The lowest BCUT2D eigenvalue weighted by atomic mass is 9.95. The van der Waals surface area contributed by atoms with Gasteiger partial charge in [-0.2, -0.15) is 0 Å². The van der Waals surface area contributed by atoms with Crippen LogP contribution in [0.4, 0.5) is 4.79 Å². The molecule has 10 heteroatoms. The fourth-order valence-corrected chi connectivity index (χ4v) is 4.13. The number of benzene rings is 2. The van der Waals surface area contributed by atoms with Crippen molar-refractivity contribution in [3.8, 4) is 5.75 Å². The van der Waals surface area contributed by atoms with E-state index in [0.717, 1.165) is 5.56 Å². The highest BCUT2D eigenvalue weighted by Crippen LogP contribution is 2.35. The quantitative estimate of drug-likeness (QED) is 0.515. The van der Waals surface area contributed by atoms with E-state index >= 15 is 0 Å². The molecule has 0 radical (unpaired) electrons. The molecule has 0 saturated carbocycles. The van der Waals surface area contributed by atoms with Crippen LogP contribution >= 0.6 is 0 Å². The van der Waals surface area contributed by atoms with Crippen molar-refractivity contribution in [3.05, 3.63) is 64.9 Å². The zero-order valence-corrected chi connectivity index (χ0v) is 16.9. The van der Waals surface area contributed by atoms with E-state index in [1.165, 1.54) is 24.1 Å². The van der Waals surface area contributed by atoms with Crippen molar-refractivity contribution in [1.29, 1.82) is 0 Å². The minimum absolute atomic E-state index is 0.138. The minimum Gasteiger partial charge on any atom is -0.497 e. The lowest BCUT2D eigenvalue weighted by molar-refractivity contribution is -0.125. The molecule has 0 aliphatic carbocycles. The lowest BCUT2D eigenvalue weighted by Gasteiger charge is -2.29. The van der Waals surface area contributed by atoms with E-state index in [1.807, 2.05) is 0 Å². The molecule has 1 saturated heterocycles. The van der Waals surface area contributed by atoms with Gasteiger partial charge in [0.2, 0.25) is 5.91 Å². The van der Waals surface area contributed by atoms with Gasteiger partial charge in [-0.1, -0.05) is 12.1 Å². The summed E-state index contributed by atoms with van der Waals surface area (Å²) >= 11 is 0. The Balaban J connectivity index is 1.55. The second-order valence-corrected chi connectivity index (χ2v) is 7.73. The number of nitrogens with zero attached hydrogens (tertiary/aromatic N) is 1. The van der Waals surface area contributed by atoms with Crippen LogP contribution in [0.5, 0.6) is 5.75 Å². The van der Waals surface area contributed by atoms with Gasteiger partial charge in [-0.15, -0.1) is 0 Å². The Hall–Kier alpha value is -4.34. The SMILES string of the molecule is COc1ccc2c(c1)C(=O)N(CC1(c3cc4ccc(C(N)=O)cc4o3)NC(=O)NC1=O)C2. The van der Waals surface area contributed by atoms with Crippen molar-refractivity contribution in [2.45, 2.75) is 12.1 Å². The molecular weight excluding hydrogens is 416 g/mol. The van der Waals surface area contributed by atoms with Gasteiger partial charge in [-0.25, -0.2) is 4.79 Å². The smallest absolute Gasteiger partial charge is 0.322 e. The molecule has 2 aromatic carbocycles. The van der Waals surface area contributed by atoms with Crippen molar-refractivity contribution in [2.75, 3.05) is 13.7 Å². The Bertz CT molecular complexity index is 1330. The Morgan fingerprint density at radius 1 is 1.19 bits per heavy atom. The van der Waals surface area contributed by atoms with E-state index in [1.54, 1.807) is 30.3 Å². The molecule has 162 valence electrons. The topological polar surface area (TPSA) is 144 Å². The highest BCUT2D eigenvalue weighted by molar-refractivity contribution is 6.08. The van der Waals surface area contributed by atoms with Crippen LogP contribution < -0.4 is 21.1 Å². The highest BCUT2D eigenvalue weighted by Gasteiger charge is 2.53. The fourth-order valence-electron chi connectivity index (χ4n) is 4.13. The van der Waals surface area contributed by atoms with E-state index in [0.29, 0.717) is 22.3 Å². The first-order valence-electron chi connectivity index (χ1n) is 9.74. The van der Waals surface area contributed by atoms with Gasteiger partial charge in [0.15, 0.2) is 5.54 Å². The van der Waals surface area contributed by atoms with E-state index in [9.17, 15) is 19.2 Å². The summed E-state index contributed by atoms with van der Waals surface area (Å²) in [5.74, 6) is -0.873. The number of methoxy groups -OCH3 is 1. The maximum atomic E-state index is 13.1. The normalized spacial score (nSPS) is 19.8. The molecule has 4 N–H and O–H groups in total. The Labute approximate surface area is 181 Å². The molecule has 1 fully saturated rings. The zero-order valence-electron chi connectivity index (χ0n) is 16.9. The standard InChI is InChI=1S/C22H18N4O6/c1-31-14-5-4-13-9-26(19(28)15(13)8-14)10-22(20(29)24-21(30)25-22)17-7-11-2-3-12(18(23)27)6-16(11)32-17/h2-8H,9-10H2,1H3,(H2,23,27)(H2,24,25,29,30). The first-order chi connectivity index (χ1) is 15.3. The zero-order chi connectivity index (χ0) is 22.6. The molecule has 1 atom stereocenters. The molecule has 32 heavy (non-hydrogen) atoms. The number of fused-ring (bicyclic) bond motifs is 2. The van der Waals surface area contributed by atoms with Gasteiger partial charge in [-0.05, 0) is 35.9 Å². The summed E-state index contributed by atoms with van der Waals surface area (Å²) in [6.45, 7) is 0.109. The van der Waals surface area contributed by atoms with E-state index < -0.39 is 23.4 Å². The number of nitrogens with two attached hydrogens (primary N) is 1. The number of carbonyl (C=O) groups is 4. The molecule has 2 aliphatic heterocycles. The van der Waals surface area contributed by atoms with Crippen LogP contribution in [0.3, 0.4) is 0 Å². The van der Waals surface area contributed by atoms with Crippen molar-refractivity contribution >= 4 is 34.7 Å². The summed E-state index contributed by atoms with van der Waals surface area (Å²) < 4.78 is 11.1. The first-order valence-corrected chi connectivity index (χ1v) is 9.74. The number of primary amides is 1. The second kappa shape index (κ2) is 6.84. The number of carbonyl (C=O) groups excluding carboxylic acids is 4. The molecule has 2 aliphatic rings. The molecule has 3 aromatic rings. The average Bonchev–Trinajstić information content (AvgIpc) is 3.41. The third-order valence-corrected chi connectivity index (χ3v) is 5.79. The van der Waals surface area contributed by atoms with Crippen LogP contribution in [-0.4, -0.2) is 42.3 Å². The fraction of sp³-hybridized carbons (Fsp3) is 0.182.